The van der Waals surface area contributed by atoms with Crippen LogP contribution >= 0.6 is 11.6 Å². The number of hydrogen-bond acceptors (Lipinski definition) is 5. The highest BCUT2D eigenvalue weighted by atomic mass is 35.5. The fourth-order valence-corrected chi connectivity index (χ4v) is 2.19. The van der Waals surface area contributed by atoms with Crippen molar-refractivity contribution in [2.45, 2.75) is 6.42 Å². The van der Waals surface area contributed by atoms with Gasteiger partial charge in [0, 0.05) is 23.7 Å². The molecule has 0 atom stereocenters. The van der Waals surface area contributed by atoms with E-state index in [-0.39, 0.29) is 31.0 Å². The number of benzene rings is 2. The highest BCUT2D eigenvalue weighted by molar-refractivity contribution is 6.30. The first-order chi connectivity index (χ1) is 11.9. The number of hydrogen-bond donors (Lipinski definition) is 5. The van der Waals surface area contributed by atoms with Crippen molar-refractivity contribution < 1.29 is 24.9 Å². The van der Waals surface area contributed by atoms with Gasteiger partial charge >= 0.3 is 0 Å². The summed E-state index contributed by atoms with van der Waals surface area (Å²) in [6.45, 7) is 0.377. The van der Waals surface area contributed by atoms with E-state index < -0.39 is 23.2 Å². The number of amides is 2. The summed E-state index contributed by atoms with van der Waals surface area (Å²) in [5.41, 5.74) is 0.807. The zero-order valence-corrected chi connectivity index (χ0v) is 13.9. The fourth-order valence-electron chi connectivity index (χ4n) is 2.07. The molecule has 0 aliphatic heterocycles. The van der Waals surface area contributed by atoms with Crippen molar-refractivity contribution in [2.75, 3.05) is 13.1 Å². The molecule has 0 heterocycles. The van der Waals surface area contributed by atoms with Gasteiger partial charge in [-0.05, 0) is 29.8 Å². The number of carbonyl (C=O) groups excluding carboxylic acids is 2. The summed E-state index contributed by atoms with van der Waals surface area (Å²) in [5.74, 6) is -2.64. The van der Waals surface area contributed by atoms with Crippen molar-refractivity contribution in [1.29, 1.82) is 0 Å². The molecule has 132 valence electrons. The van der Waals surface area contributed by atoms with Crippen molar-refractivity contribution >= 4 is 23.4 Å². The SMILES string of the molecule is O=C(Cc1ccc(Cl)cc1)NCCNC(=O)c1cc(O)c(O)c(O)c1. The molecule has 0 spiro atoms. The molecule has 0 unspecified atom stereocenters. The second-order valence-electron chi connectivity index (χ2n) is 5.27. The van der Waals surface area contributed by atoms with Crippen LogP contribution in [-0.4, -0.2) is 40.2 Å². The smallest absolute Gasteiger partial charge is 0.251 e. The average Bonchev–Trinajstić information content (AvgIpc) is 2.58. The van der Waals surface area contributed by atoms with Crippen molar-refractivity contribution in [3.63, 3.8) is 0 Å². The van der Waals surface area contributed by atoms with E-state index in [4.69, 9.17) is 11.6 Å². The van der Waals surface area contributed by atoms with Gasteiger partial charge in [-0.1, -0.05) is 23.7 Å². The van der Waals surface area contributed by atoms with E-state index >= 15 is 0 Å². The zero-order chi connectivity index (χ0) is 18.4. The second-order valence-corrected chi connectivity index (χ2v) is 5.71. The molecule has 0 saturated heterocycles. The average molecular weight is 365 g/mol. The van der Waals surface area contributed by atoms with E-state index in [0.29, 0.717) is 5.02 Å². The maximum absolute atomic E-state index is 11.9. The first-order valence-corrected chi connectivity index (χ1v) is 7.79. The molecule has 0 radical (unpaired) electrons. The maximum Gasteiger partial charge on any atom is 0.251 e. The molecule has 2 amide bonds. The molecule has 8 heteroatoms. The van der Waals surface area contributed by atoms with E-state index in [9.17, 15) is 24.9 Å². The topological polar surface area (TPSA) is 119 Å². The van der Waals surface area contributed by atoms with E-state index in [2.05, 4.69) is 10.6 Å². The summed E-state index contributed by atoms with van der Waals surface area (Å²) >= 11 is 5.77. The number of rotatable bonds is 6. The van der Waals surface area contributed by atoms with Crippen molar-refractivity contribution in [2.24, 2.45) is 0 Å². The Balaban J connectivity index is 1.76. The molecular formula is C17H17ClN2O5. The summed E-state index contributed by atoms with van der Waals surface area (Å²) in [4.78, 5) is 23.7. The van der Waals surface area contributed by atoms with Gasteiger partial charge in [-0.25, -0.2) is 0 Å². The minimum atomic E-state index is -0.689. The van der Waals surface area contributed by atoms with E-state index in [1.165, 1.54) is 0 Å². The molecule has 0 aliphatic rings. The van der Waals surface area contributed by atoms with Crippen LogP contribution in [0.2, 0.25) is 5.02 Å². The first kappa shape index (κ1) is 18.4. The third-order valence-corrected chi connectivity index (χ3v) is 3.59. The number of phenols is 3. The molecule has 7 nitrogen and oxygen atoms in total. The molecule has 0 aliphatic carbocycles. The van der Waals surface area contributed by atoms with Crippen molar-refractivity contribution in [3.05, 3.63) is 52.5 Å². The van der Waals surface area contributed by atoms with Crippen LogP contribution in [0.4, 0.5) is 0 Å². The highest BCUT2D eigenvalue weighted by Gasteiger charge is 2.13. The first-order valence-electron chi connectivity index (χ1n) is 7.41. The lowest BCUT2D eigenvalue weighted by molar-refractivity contribution is -0.120. The van der Waals surface area contributed by atoms with Crippen LogP contribution in [0.3, 0.4) is 0 Å². The standard InChI is InChI=1S/C17H17ClN2O5/c18-12-3-1-10(2-4-12)7-15(23)19-5-6-20-17(25)11-8-13(21)16(24)14(22)9-11/h1-4,8-9,21-22,24H,5-7H2,(H,19,23)(H,20,25). The quantitative estimate of drug-likeness (QED) is 0.393. The van der Waals surface area contributed by atoms with Crippen molar-refractivity contribution in [3.8, 4) is 17.2 Å². The molecule has 5 N–H and O–H groups in total. The molecule has 0 bridgehead atoms. The minimum Gasteiger partial charge on any atom is -0.504 e. The Labute approximate surface area is 148 Å². The molecule has 0 saturated carbocycles. The van der Waals surface area contributed by atoms with Gasteiger partial charge in [0.15, 0.2) is 17.2 Å². The Morgan fingerprint density at radius 2 is 1.48 bits per heavy atom. The van der Waals surface area contributed by atoms with Crippen molar-refractivity contribution in [1.82, 2.24) is 10.6 Å². The van der Waals surface area contributed by atoms with E-state index in [1.807, 2.05) is 0 Å². The summed E-state index contributed by atoms with van der Waals surface area (Å²) in [5, 5.41) is 33.8. The molecule has 0 fully saturated rings. The van der Waals surface area contributed by atoms with Gasteiger partial charge in [0.05, 0.1) is 6.42 Å². The van der Waals surface area contributed by atoms with Gasteiger partial charge in [-0.2, -0.15) is 0 Å². The molecule has 0 aromatic heterocycles. The van der Waals surface area contributed by atoms with Gasteiger partial charge in [-0.15, -0.1) is 0 Å². The van der Waals surface area contributed by atoms with Gasteiger partial charge < -0.3 is 26.0 Å². The number of nitrogens with one attached hydrogen (secondary N) is 2. The predicted octanol–water partition coefficient (Wildman–Crippen LogP) is 1.55. The Kier molecular flexibility index (Phi) is 6.08. The lowest BCUT2D eigenvalue weighted by Crippen LogP contribution is -2.35. The second kappa shape index (κ2) is 8.25. The molecule has 25 heavy (non-hydrogen) atoms. The van der Waals surface area contributed by atoms with Gasteiger partial charge in [0.1, 0.15) is 0 Å². The summed E-state index contributed by atoms with van der Waals surface area (Å²) in [7, 11) is 0. The highest BCUT2D eigenvalue weighted by Crippen LogP contribution is 2.35. The zero-order valence-electron chi connectivity index (χ0n) is 13.1. The van der Waals surface area contributed by atoms with Gasteiger partial charge in [-0.3, -0.25) is 9.59 Å². The summed E-state index contributed by atoms with van der Waals surface area (Å²) < 4.78 is 0. The van der Waals surface area contributed by atoms with Crippen LogP contribution in [0, 0.1) is 0 Å². The Morgan fingerprint density at radius 1 is 0.920 bits per heavy atom. The Bertz CT molecular complexity index is 754. The lowest BCUT2D eigenvalue weighted by atomic mass is 10.1. The number of phenolic OH excluding ortho intramolecular Hbond substituents is 3. The monoisotopic (exact) mass is 364 g/mol. The van der Waals surface area contributed by atoms with Gasteiger partial charge in [0.25, 0.3) is 5.91 Å². The number of aromatic hydroxyl groups is 3. The van der Waals surface area contributed by atoms with Crippen LogP contribution in [0.15, 0.2) is 36.4 Å². The van der Waals surface area contributed by atoms with Crippen LogP contribution in [0.1, 0.15) is 15.9 Å². The van der Waals surface area contributed by atoms with E-state index in [0.717, 1.165) is 17.7 Å². The number of carbonyl (C=O) groups is 2. The third-order valence-electron chi connectivity index (χ3n) is 3.34. The Hall–Kier alpha value is -2.93. The largest absolute Gasteiger partial charge is 0.504 e. The minimum absolute atomic E-state index is 0.0136. The third kappa shape index (κ3) is 5.29. The van der Waals surface area contributed by atoms with Gasteiger partial charge in [0.2, 0.25) is 5.91 Å². The normalized spacial score (nSPS) is 10.3. The van der Waals surface area contributed by atoms with Crippen LogP contribution < -0.4 is 10.6 Å². The summed E-state index contributed by atoms with van der Waals surface area (Å²) in [6.07, 6.45) is 0.199. The number of halogens is 1. The predicted molar refractivity (Wildman–Crippen MR) is 91.9 cm³/mol. The molecule has 2 aromatic rings. The van der Waals surface area contributed by atoms with Crippen LogP contribution in [0.5, 0.6) is 17.2 Å². The van der Waals surface area contributed by atoms with Crippen LogP contribution in [-0.2, 0) is 11.2 Å². The summed E-state index contributed by atoms with van der Waals surface area (Å²) in [6, 6.07) is 8.98. The lowest BCUT2D eigenvalue weighted by Gasteiger charge is -2.09. The Morgan fingerprint density at radius 3 is 2.08 bits per heavy atom. The van der Waals surface area contributed by atoms with Crippen LogP contribution in [0.25, 0.3) is 0 Å². The fraction of sp³-hybridized carbons (Fsp3) is 0.176. The maximum atomic E-state index is 11.9. The molecular weight excluding hydrogens is 348 g/mol. The van der Waals surface area contributed by atoms with E-state index in [1.54, 1.807) is 24.3 Å². The molecule has 2 aromatic carbocycles. The molecule has 2 rings (SSSR count).